The lowest BCUT2D eigenvalue weighted by Gasteiger charge is -2.24. The molecular weight excluding hydrogens is 1290 g/mol. The summed E-state index contributed by atoms with van der Waals surface area (Å²) in [5.74, 6) is 1.64. The average molecular weight is 1380 g/mol. The molecule has 0 amide bonds. The van der Waals surface area contributed by atoms with Gasteiger partial charge in [0.25, 0.3) is 16.7 Å². The summed E-state index contributed by atoms with van der Waals surface area (Å²) in [5, 5.41) is 22.5. The van der Waals surface area contributed by atoms with Gasteiger partial charge < -0.3 is 48.0 Å². The highest BCUT2D eigenvalue weighted by Crippen LogP contribution is 2.33. The fourth-order valence-electron chi connectivity index (χ4n) is 11.8. The maximum Gasteiger partial charge on any atom is 0.258 e. The van der Waals surface area contributed by atoms with Crippen LogP contribution in [0.5, 0.6) is 0 Å². The van der Waals surface area contributed by atoms with Crippen molar-refractivity contribution in [2.24, 2.45) is 0 Å². The number of nitrogens with one attached hydrogen (secondary N) is 3. The Morgan fingerprint density at radius 3 is 1.33 bits per heavy atom. The molecule has 0 atom stereocenters. The largest absolute Gasteiger partial charge is 0.381 e. The van der Waals surface area contributed by atoms with E-state index in [1.165, 1.54) is 16.7 Å². The number of pyridine rings is 3. The summed E-state index contributed by atoms with van der Waals surface area (Å²) in [7, 11) is 3.85. The summed E-state index contributed by atoms with van der Waals surface area (Å²) in [6.45, 7) is 21.0. The van der Waals surface area contributed by atoms with Crippen LogP contribution in [-0.4, -0.2) is 86.4 Å². The molecule has 528 valence electrons. The number of anilines is 1. The van der Waals surface area contributed by atoms with Crippen LogP contribution in [0.25, 0.3) is 108 Å². The van der Waals surface area contributed by atoms with Gasteiger partial charge in [-0.15, -0.1) is 0 Å². The number of rotatable bonds is 20. The predicted octanol–water partition coefficient (Wildman–Crippen LogP) is 15.8. The molecule has 14 rings (SSSR count). The van der Waals surface area contributed by atoms with Gasteiger partial charge in [-0.25, -0.2) is 15.0 Å². The van der Waals surface area contributed by atoms with Crippen molar-refractivity contribution in [2.45, 2.75) is 99.1 Å². The summed E-state index contributed by atoms with van der Waals surface area (Å²) in [6.07, 6.45) is 13.9. The van der Waals surface area contributed by atoms with Crippen molar-refractivity contribution in [1.29, 1.82) is 0 Å². The fraction of sp³-hybridized carbons (Fsp3) is 0.235. The lowest BCUT2D eigenvalue weighted by Crippen LogP contribution is -2.28. The van der Waals surface area contributed by atoms with E-state index in [0.29, 0.717) is 70.2 Å². The molecule has 0 saturated carbocycles. The summed E-state index contributed by atoms with van der Waals surface area (Å²) in [4.78, 5) is 65.3. The summed E-state index contributed by atoms with van der Waals surface area (Å²) in [6, 6.07) is 49.0. The molecule has 0 aliphatic carbocycles. The van der Waals surface area contributed by atoms with Gasteiger partial charge in [-0.3, -0.25) is 29.3 Å². The SMILES string of the molecule is C=Cc1cc(-c2cnc(C)c(-c3cc(-c4ccc(CNC)cc4)no3)n2)cn(C(C)C)c1=O.CNCc1ccc(-c2cc(-c3nc(-c4ccc(=O)n(C5CCOCC5)c4)cnc3C)on2)cc1.Cc1ncc(-c2ccc(=O)n(C(C)C)c2)nc1-c1cc(-c2ccc(CNc3ccccc3)cc2)no1.[HH].[HH].[HH]. The Morgan fingerprint density at radius 1 is 0.485 bits per heavy atom. The summed E-state index contributed by atoms with van der Waals surface area (Å²) >= 11 is 0. The zero-order valence-electron chi connectivity index (χ0n) is 59.1. The number of benzene rings is 4. The third kappa shape index (κ3) is 16.9. The Hall–Kier alpha value is -12.0. The van der Waals surface area contributed by atoms with Crippen LogP contribution < -0.4 is 32.6 Å². The molecule has 1 aliphatic rings. The van der Waals surface area contributed by atoms with Gasteiger partial charge in [0.15, 0.2) is 17.3 Å². The first-order valence-electron chi connectivity index (χ1n) is 34.2. The molecule has 0 bridgehead atoms. The van der Waals surface area contributed by atoms with Crippen molar-refractivity contribution in [3.05, 3.63) is 266 Å². The first-order chi connectivity index (χ1) is 50.0. The maximum absolute atomic E-state index is 12.6. The van der Waals surface area contributed by atoms with Crippen LogP contribution in [-0.2, 0) is 24.4 Å². The Kier molecular flexibility index (Phi) is 22.4. The lowest BCUT2D eigenvalue weighted by molar-refractivity contribution is 0.0687. The standard InChI is InChI=1S/C29H27N5O2.C26H27N5O3.C26H27N5O2.3H2/c1-19(2)34-18-23(13-14-28(34)35)26-17-30-20(3)29(32-26)27-15-25(33-36-27)22-11-9-21(10-12-22)16-31-24-7-5-4-6-8-24;1-17-26(24-13-22(30-34-24)19-5-3-18(4-6-19)14-27-2)29-23(15-28-17)20-7-8-25(32)31(16-20)21-9-11-33-12-10-21;1-6-19-11-21(15-31(16(2)3)26(19)32)23-14-28-17(4)25(29-23)24-12-22(30-33-24)20-9-7-18(8-10-20)13-27-5;;;/h4-15,17-19,31H,16H2,1-3H3;3-8,13,15-16,21,27H,9-12,14H2,1-2H3;6-12,14-16,27H,1,13H2,2-5H3;3*1H. The highest BCUT2D eigenvalue weighted by Gasteiger charge is 2.22. The van der Waals surface area contributed by atoms with E-state index in [-0.39, 0.29) is 39.1 Å². The van der Waals surface area contributed by atoms with Gasteiger partial charge >= 0.3 is 0 Å². The second-order valence-corrected chi connectivity index (χ2v) is 25.6. The first kappa shape index (κ1) is 70.9. The molecule has 1 aliphatic heterocycles. The molecule has 13 aromatic rings. The normalized spacial score (nSPS) is 12.2. The highest BCUT2D eigenvalue weighted by molar-refractivity contribution is 5.72. The highest BCUT2D eigenvalue weighted by atomic mass is 16.5. The van der Waals surface area contributed by atoms with Crippen LogP contribution in [0.4, 0.5) is 5.69 Å². The number of nitrogens with zero attached hydrogens (tertiary/aromatic N) is 12. The van der Waals surface area contributed by atoms with Gasteiger partial charge in [-0.2, -0.15) is 0 Å². The molecule has 1 saturated heterocycles. The van der Waals surface area contributed by atoms with Crippen molar-refractivity contribution in [3.8, 4) is 102 Å². The van der Waals surface area contributed by atoms with Gasteiger partial charge in [-0.1, -0.05) is 119 Å². The monoisotopic (exact) mass is 1380 g/mol. The van der Waals surface area contributed by atoms with E-state index in [4.69, 9.17) is 33.3 Å². The van der Waals surface area contributed by atoms with Crippen molar-refractivity contribution in [1.82, 2.24) is 69.7 Å². The number of ether oxygens (including phenoxy) is 1. The van der Waals surface area contributed by atoms with E-state index < -0.39 is 0 Å². The van der Waals surface area contributed by atoms with Crippen LogP contribution in [0, 0.1) is 20.8 Å². The molecule has 22 nitrogen and oxygen atoms in total. The molecule has 22 heteroatoms. The van der Waals surface area contributed by atoms with E-state index in [1.807, 2.05) is 166 Å². The van der Waals surface area contributed by atoms with Gasteiger partial charge in [0.05, 0.1) is 52.8 Å². The van der Waals surface area contributed by atoms with E-state index in [0.717, 1.165) is 106 Å². The van der Waals surface area contributed by atoms with E-state index in [9.17, 15) is 14.4 Å². The van der Waals surface area contributed by atoms with Crippen LogP contribution in [0.1, 0.15) is 102 Å². The number of hydrogen-bond donors (Lipinski definition) is 3. The fourth-order valence-corrected chi connectivity index (χ4v) is 11.8. The molecule has 0 radical (unpaired) electrons. The number of para-hydroxylation sites is 1. The molecule has 10 heterocycles. The Balaban J connectivity index is 0.000000182. The smallest absolute Gasteiger partial charge is 0.258 e. The van der Waals surface area contributed by atoms with Crippen molar-refractivity contribution in [3.63, 3.8) is 0 Å². The maximum atomic E-state index is 12.6. The first-order valence-corrected chi connectivity index (χ1v) is 34.2. The topological polar surface area (TPSA) is 267 Å². The lowest BCUT2D eigenvalue weighted by atomic mass is 10.1. The molecule has 1 fully saturated rings. The number of aryl methyl sites for hydroxylation is 3. The molecule has 103 heavy (non-hydrogen) atoms. The second-order valence-electron chi connectivity index (χ2n) is 25.6. The van der Waals surface area contributed by atoms with E-state index in [1.54, 1.807) is 68.7 Å². The Labute approximate surface area is 600 Å². The van der Waals surface area contributed by atoms with Gasteiger partial charge in [0.2, 0.25) is 0 Å². The minimum absolute atomic E-state index is 0. The van der Waals surface area contributed by atoms with E-state index in [2.05, 4.69) is 89.3 Å². The van der Waals surface area contributed by atoms with Crippen LogP contribution in [0.2, 0.25) is 0 Å². The van der Waals surface area contributed by atoms with E-state index >= 15 is 0 Å². The summed E-state index contributed by atoms with van der Waals surface area (Å²) in [5.41, 5.74) is 18.6. The van der Waals surface area contributed by atoms with Gasteiger partial charge in [0, 0.05) is 149 Å². The van der Waals surface area contributed by atoms with Crippen LogP contribution in [0.15, 0.2) is 223 Å². The minimum Gasteiger partial charge on any atom is -0.381 e. The third-order valence-electron chi connectivity index (χ3n) is 17.6. The molecule has 3 N–H and O–H groups in total. The zero-order chi connectivity index (χ0) is 72.1. The van der Waals surface area contributed by atoms with Crippen molar-refractivity contribution >= 4 is 11.8 Å². The predicted molar refractivity (Wildman–Crippen MR) is 408 cm³/mol. The minimum atomic E-state index is -0.0790. The Bertz CT molecular complexity index is 5280. The average Bonchev–Trinajstić information content (AvgIpc) is 1.53. The molecule has 9 aromatic heterocycles. The van der Waals surface area contributed by atoms with Gasteiger partial charge in [0.1, 0.15) is 34.2 Å². The van der Waals surface area contributed by atoms with Crippen LogP contribution >= 0.6 is 0 Å². The zero-order valence-corrected chi connectivity index (χ0v) is 59.1. The molecule has 0 unspecified atom stereocenters. The van der Waals surface area contributed by atoms with Gasteiger partial charge in [-0.05, 0) is 122 Å². The van der Waals surface area contributed by atoms with Crippen molar-refractivity contribution in [2.75, 3.05) is 32.6 Å². The quantitative estimate of drug-likeness (QED) is 0.0640. The molecular formula is C81H87N15O7. The summed E-state index contributed by atoms with van der Waals surface area (Å²) < 4.78 is 27.6. The number of aromatic nitrogens is 12. The molecule has 4 aromatic carbocycles. The Morgan fingerprint density at radius 2 is 0.893 bits per heavy atom. The number of hydrogen-bond acceptors (Lipinski definition) is 19. The van der Waals surface area contributed by atoms with Crippen molar-refractivity contribution < 1.29 is 22.6 Å². The molecule has 0 spiro atoms. The van der Waals surface area contributed by atoms with Crippen LogP contribution in [0.3, 0.4) is 0 Å². The second kappa shape index (κ2) is 32.6. The third-order valence-corrected chi connectivity index (χ3v) is 17.6.